The Morgan fingerprint density at radius 2 is 2.27 bits per heavy atom. The maximum Gasteiger partial charge on any atom is 0.319 e. The van der Waals surface area contributed by atoms with Crippen LogP contribution < -0.4 is 15.4 Å². The summed E-state index contributed by atoms with van der Waals surface area (Å²) in [5.41, 5.74) is 1.78. The molecule has 1 aromatic carbocycles. The fourth-order valence-electron chi connectivity index (χ4n) is 2.60. The van der Waals surface area contributed by atoms with Crippen molar-refractivity contribution in [2.75, 3.05) is 25.6 Å². The van der Waals surface area contributed by atoms with Crippen LogP contribution in [0.5, 0.6) is 5.75 Å². The first kappa shape index (κ1) is 16.6. The summed E-state index contributed by atoms with van der Waals surface area (Å²) in [6, 6.07) is 5.45. The number of hydrogen-bond acceptors (Lipinski definition) is 3. The Bertz CT molecular complexity index is 485. The van der Waals surface area contributed by atoms with Crippen molar-refractivity contribution in [1.29, 1.82) is 0 Å². The second-order valence-electron chi connectivity index (χ2n) is 5.69. The first-order chi connectivity index (χ1) is 10.7. The van der Waals surface area contributed by atoms with Crippen molar-refractivity contribution in [2.45, 2.75) is 45.1 Å². The van der Waals surface area contributed by atoms with Crippen LogP contribution in [-0.2, 0) is 4.74 Å². The first-order valence-electron chi connectivity index (χ1n) is 8.00. The summed E-state index contributed by atoms with van der Waals surface area (Å²) in [5.74, 6) is 0.732. The molecular weight excluding hydrogens is 280 g/mol. The molecule has 1 aliphatic heterocycles. The number of nitrogens with one attached hydrogen (secondary N) is 2. The second kappa shape index (κ2) is 8.63. The zero-order chi connectivity index (χ0) is 15.8. The second-order valence-corrected chi connectivity index (χ2v) is 5.69. The number of rotatable bonds is 6. The molecule has 1 unspecified atom stereocenters. The molecule has 1 heterocycles. The van der Waals surface area contributed by atoms with Crippen molar-refractivity contribution in [3.8, 4) is 5.75 Å². The van der Waals surface area contributed by atoms with Gasteiger partial charge in [-0.1, -0.05) is 6.07 Å². The lowest BCUT2D eigenvalue weighted by Gasteiger charge is -2.22. The van der Waals surface area contributed by atoms with E-state index < -0.39 is 0 Å². The summed E-state index contributed by atoms with van der Waals surface area (Å²) < 4.78 is 10.9. The molecule has 1 aromatic rings. The van der Waals surface area contributed by atoms with Gasteiger partial charge in [0, 0.05) is 24.9 Å². The highest BCUT2D eigenvalue weighted by Crippen LogP contribution is 2.21. The van der Waals surface area contributed by atoms with Gasteiger partial charge in [0.1, 0.15) is 5.75 Å². The van der Waals surface area contributed by atoms with Crippen LogP contribution in [0, 0.1) is 6.92 Å². The molecule has 0 bridgehead atoms. The average molecular weight is 306 g/mol. The quantitative estimate of drug-likeness (QED) is 0.791. The molecule has 0 aliphatic carbocycles. The number of benzene rings is 1. The van der Waals surface area contributed by atoms with E-state index in [1.54, 1.807) is 7.11 Å². The Labute approximate surface area is 132 Å². The van der Waals surface area contributed by atoms with Gasteiger partial charge in [0.05, 0.1) is 13.2 Å². The minimum Gasteiger partial charge on any atom is -0.497 e. The number of hydrogen-bond donors (Lipinski definition) is 2. The molecule has 5 nitrogen and oxygen atoms in total. The van der Waals surface area contributed by atoms with Crippen molar-refractivity contribution in [1.82, 2.24) is 5.32 Å². The molecule has 1 saturated heterocycles. The lowest BCUT2D eigenvalue weighted by atomic mass is 10.0. The van der Waals surface area contributed by atoms with Gasteiger partial charge in [0.25, 0.3) is 0 Å². The van der Waals surface area contributed by atoms with Crippen LogP contribution in [-0.4, -0.2) is 32.4 Å². The van der Waals surface area contributed by atoms with Gasteiger partial charge in [0.15, 0.2) is 0 Å². The lowest BCUT2D eigenvalue weighted by molar-refractivity contribution is 0.0103. The van der Waals surface area contributed by atoms with E-state index in [-0.39, 0.29) is 6.03 Å². The largest absolute Gasteiger partial charge is 0.497 e. The summed E-state index contributed by atoms with van der Waals surface area (Å²) >= 11 is 0. The summed E-state index contributed by atoms with van der Waals surface area (Å²) in [7, 11) is 1.61. The monoisotopic (exact) mass is 306 g/mol. The van der Waals surface area contributed by atoms with E-state index in [4.69, 9.17) is 9.47 Å². The summed E-state index contributed by atoms with van der Waals surface area (Å²) in [6.45, 7) is 3.50. The highest BCUT2D eigenvalue weighted by Gasteiger charge is 2.13. The minimum absolute atomic E-state index is 0.180. The van der Waals surface area contributed by atoms with Crippen LogP contribution >= 0.6 is 0 Å². The third kappa shape index (κ3) is 5.22. The molecule has 5 heteroatoms. The number of urea groups is 1. The van der Waals surface area contributed by atoms with Crippen LogP contribution in [0.2, 0.25) is 0 Å². The molecule has 22 heavy (non-hydrogen) atoms. The van der Waals surface area contributed by atoms with E-state index in [9.17, 15) is 4.79 Å². The van der Waals surface area contributed by atoms with E-state index in [0.29, 0.717) is 12.6 Å². The summed E-state index contributed by atoms with van der Waals surface area (Å²) in [6.07, 6.45) is 5.91. The fourth-order valence-corrected chi connectivity index (χ4v) is 2.60. The van der Waals surface area contributed by atoms with E-state index in [1.807, 2.05) is 25.1 Å². The Hall–Kier alpha value is -1.75. The lowest BCUT2D eigenvalue weighted by Crippen LogP contribution is -2.30. The molecule has 2 amide bonds. The molecule has 2 N–H and O–H groups in total. The topological polar surface area (TPSA) is 59.6 Å². The molecule has 1 aliphatic rings. The van der Waals surface area contributed by atoms with Gasteiger partial charge >= 0.3 is 6.03 Å². The zero-order valence-corrected chi connectivity index (χ0v) is 13.5. The number of anilines is 1. The third-order valence-electron chi connectivity index (χ3n) is 3.96. The van der Waals surface area contributed by atoms with E-state index >= 15 is 0 Å². The van der Waals surface area contributed by atoms with Gasteiger partial charge < -0.3 is 20.1 Å². The molecule has 1 atom stereocenters. The summed E-state index contributed by atoms with van der Waals surface area (Å²) in [5, 5.41) is 5.75. The molecule has 0 radical (unpaired) electrons. The first-order valence-corrected chi connectivity index (χ1v) is 8.00. The van der Waals surface area contributed by atoms with Crippen molar-refractivity contribution in [3.05, 3.63) is 23.8 Å². The Kier molecular flexibility index (Phi) is 6.52. The van der Waals surface area contributed by atoms with Crippen molar-refractivity contribution >= 4 is 11.7 Å². The maximum atomic E-state index is 11.9. The molecule has 0 aromatic heterocycles. The number of carbonyl (C=O) groups excluding carboxylic acids is 1. The predicted octanol–water partition coefficient (Wildman–Crippen LogP) is 3.47. The Morgan fingerprint density at radius 3 is 3.00 bits per heavy atom. The average Bonchev–Trinajstić information content (AvgIpc) is 2.54. The smallest absolute Gasteiger partial charge is 0.319 e. The van der Waals surface area contributed by atoms with Gasteiger partial charge in [0.2, 0.25) is 0 Å². The predicted molar refractivity (Wildman–Crippen MR) is 87.6 cm³/mol. The van der Waals surface area contributed by atoms with Crippen LogP contribution in [0.3, 0.4) is 0 Å². The zero-order valence-electron chi connectivity index (χ0n) is 13.5. The number of aryl methyl sites for hydroxylation is 1. The normalized spacial score (nSPS) is 17.8. The van der Waals surface area contributed by atoms with Gasteiger partial charge in [-0.2, -0.15) is 0 Å². The summed E-state index contributed by atoms with van der Waals surface area (Å²) in [4.78, 5) is 11.9. The number of methoxy groups -OCH3 is 1. The Morgan fingerprint density at radius 1 is 1.41 bits per heavy atom. The molecule has 1 fully saturated rings. The van der Waals surface area contributed by atoms with Gasteiger partial charge in [-0.3, -0.25) is 0 Å². The molecule has 2 rings (SSSR count). The fraction of sp³-hybridized carbons (Fsp3) is 0.588. The standard InChI is InChI=1S/C17H26N2O3/c1-13-8-9-15(21-2)12-16(13)19-17(20)18-10-5-7-14-6-3-4-11-22-14/h8-9,12,14H,3-7,10-11H2,1-2H3,(H2,18,19,20). The molecule has 0 spiro atoms. The highest BCUT2D eigenvalue weighted by molar-refractivity contribution is 5.90. The van der Waals surface area contributed by atoms with Crippen molar-refractivity contribution in [3.63, 3.8) is 0 Å². The van der Waals surface area contributed by atoms with Crippen LogP contribution in [0.25, 0.3) is 0 Å². The van der Waals surface area contributed by atoms with Gasteiger partial charge in [-0.25, -0.2) is 4.79 Å². The SMILES string of the molecule is COc1ccc(C)c(NC(=O)NCCCC2CCCCO2)c1. The van der Waals surface area contributed by atoms with E-state index in [2.05, 4.69) is 10.6 Å². The molecule has 122 valence electrons. The minimum atomic E-state index is -0.180. The van der Waals surface area contributed by atoms with Gasteiger partial charge in [-0.05, 0) is 50.7 Å². The number of amides is 2. The van der Waals surface area contributed by atoms with Crippen LogP contribution in [0.1, 0.15) is 37.7 Å². The van der Waals surface area contributed by atoms with Gasteiger partial charge in [-0.15, -0.1) is 0 Å². The Balaban J connectivity index is 1.69. The van der Waals surface area contributed by atoms with Crippen LogP contribution in [0.15, 0.2) is 18.2 Å². The van der Waals surface area contributed by atoms with Crippen molar-refractivity contribution < 1.29 is 14.3 Å². The highest BCUT2D eigenvalue weighted by atomic mass is 16.5. The number of ether oxygens (including phenoxy) is 2. The van der Waals surface area contributed by atoms with Crippen molar-refractivity contribution in [2.24, 2.45) is 0 Å². The number of carbonyl (C=O) groups is 1. The molecule has 0 saturated carbocycles. The maximum absolute atomic E-state index is 11.9. The van der Waals surface area contributed by atoms with Crippen LogP contribution in [0.4, 0.5) is 10.5 Å². The molecular formula is C17H26N2O3. The van der Waals surface area contributed by atoms with E-state index in [0.717, 1.165) is 42.9 Å². The van der Waals surface area contributed by atoms with E-state index in [1.165, 1.54) is 12.8 Å². The third-order valence-corrected chi connectivity index (χ3v) is 3.96.